The van der Waals surface area contributed by atoms with Crippen molar-refractivity contribution in [2.24, 2.45) is 0 Å². The molecule has 2 aromatic rings. The normalized spacial score (nSPS) is 13.9. The Kier molecular flexibility index (Phi) is 5.03. The van der Waals surface area contributed by atoms with Crippen molar-refractivity contribution in [1.82, 2.24) is 0 Å². The van der Waals surface area contributed by atoms with Crippen LogP contribution in [-0.4, -0.2) is 25.6 Å². The highest BCUT2D eigenvalue weighted by Gasteiger charge is 2.12. The molecule has 0 saturated carbocycles. The van der Waals surface area contributed by atoms with Crippen LogP contribution in [0, 0.1) is 0 Å². The lowest BCUT2D eigenvalue weighted by Crippen LogP contribution is -2.20. The van der Waals surface area contributed by atoms with E-state index in [1.165, 1.54) is 18.5 Å². The Morgan fingerprint density at radius 3 is 2.57 bits per heavy atom. The number of ether oxygens (including phenoxy) is 1. The number of nitrogens with zero attached hydrogens (tertiary/aromatic N) is 1. The van der Waals surface area contributed by atoms with Crippen molar-refractivity contribution < 1.29 is 9.53 Å². The van der Waals surface area contributed by atoms with Crippen molar-refractivity contribution in [3.63, 3.8) is 0 Å². The van der Waals surface area contributed by atoms with Gasteiger partial charge >= 0.3 is 0 Å². The molecule has 4 nitrogen and oxygen atoms in total. The average molecular weight is 331 g/mol. The van der Waals surface area contributed by atoms with Crippen LogP contribution in [0.25, 0.3) is 0 Å². The van der Waals surface area contributed by atoms with Crippen molar-refractivity contribution >= 4 is 28.9 Å². The Hall–Kier alpha value is -2.20. The molecule has 2 aromatic carbocycles. The van der Waals surface area contributed by atoms with Gasteiger partial charge in [0.1, 0.15) is 5.75 Å². The number of halogens is 1. The van der Waals surface area contributed by atoms with Gasteiger partial charge in [0.2, 0.25) is 0 Å². The number of amides is 1. The molecule has 0 aliphatic carbocycles. The van der Waals surface area contributed by atoms with Gasteiger partial charge in [-0.25, -0.2) is 0 Å². The van der Waals surface area contributed by atoms with E-state index in [1.807, 2.05) is 24.3 Å². The summed E-state index contributed by atoms with van der Waals surface area (Å²) in [6.07, 6.45) is 2.50. The van der Waals surface area contributed by atoms with E-state index in [-0.39, 0.29) is 12.5 Å². The fraction of sp³-hybridized carbons (Fsp3) is 0.278. The topological polar surface area (TPSA) is 41.6 Å². The minimum Gasteiger partial charge on any atom is -0.484 e. The number of anilines is 2. The van der Waals surface area contributed by atoms with Crippen molar-refractivity contribution in [3.05, 3.63) is 53.6 Å². The number of benzene rings is 2. The van der Waals surface area contributed by atoms with Crippen LogP contribution in [0.5, 0.6) is 5.75 Å². The Morgan fingerprint density at radius 1 is 1.13 bits per heavy atom. The maximum Gasteiger partial charge on any atom is 0.262 e. The Balaban J connectivity index is 1.51. The molecule has 1 aliphatic rings. The molecule has 0 atom stereocenters. The number of hydrogen-bond acceptors (Lipinski definition) is 3. The third-order valence-electron chi connectivity index (χ3n) is 3.79. The third-order valence-corrected chi connectivity index (χ3v) is 4.02. The van der Waals surface area contributed by atoms with Crippen LogP contribution in [0.1, 0.15) is 12.8 Å². The molecule has 0 radical (unpaired) electrons. The van der Waals surface area contributed by atoms with Crippen LogP contribution >= 0.6 is 11.6 Å². The summed E-state index contributed by atoms with van der Waals surface area (Å²) in [5, 5.41) is 3.41. The number of carbonyl (C=O) groups is 1. The molecule has 1 amide bonds. The predicted molar refractivity (Wildman–Crippen MR) is 93.5 cm³/mol. The molecule has 120 valence electrons. The van der Waals surface area contributed by atoms with Crippen molar-refractivity contribution in [3.8, 4) is 5.75 Å². The number of hydrogen-bond donors (Lipinski definition) is 1. The van der Waals surface area contributed by atoms with E-state index in [0.717, 1.165) is 18.8 Å². The van der Waals surface area contributed by atoms with Crippen molar-refractivity contribution in [1.29, 1.82) is 0 Å². The van der Waals surface area contributed by atoms with E-state index in [2.05, 4.69) is 10.2 Å². The lowest BCUT2D eigenvalue weighted by Gasteiger charge is -2.17. The van der Waals surface area contributed by atoms with Crippen LogP contribution in [-0.2, 0) is 4.79 Å². The lowest BCUT2D eigenvalue weighted by molar-refractivity contribution is -0.118. The second-order valence-corrected chi connectivity index (χ2v) is 5.97. The highest BCUT2D eigenvalue weighted by molar-refractivity contribution is 6.30. The Bertz CT molecular complexity index is 667. The zero-order valence-corrected chi connectivity index (χ0v) is 13.6. The van der Waals surface area contributed by atoms with Gasteiger partial charge in [-0.1, -0.05) is 17.7 Å². The minimum atomic E-state index is -0.195. The second-order valence-electron chi connectivity index (χ2n) is 5.54. The first-order valence-corrected chi connectivity index (χ1v) is 8.12. The zero-order valence-electron chi connectivity index (χ0n) is 12.8. The molecule has 1 fully saturated rings. The van der Waals surface area contributed by atoms with E-state index >= 15 is 0 Å². The molecule has 0 spiro atoms. The number of carbonyl (C=O) groups excluding carboxylic acids is 1. The monoisotopic (exact) mass is 330 g/mol. The van der Waals surface area contributed by atoms with Crippen LogP contribution in [0.4, 0.5) is 11.4 Å². The molecule has 3 rings (SSSR count). The lowest BCUT2D eigenvalue weighted by atomic mass is 10.2. The zero-order chi connectivity index (χ0) is 16.1. The molecule has 5 heteroatoms. The van der Waals surface area contributed by atoms with Crippen molar-refractivity contribution in [2.75, 3.05) is 29.9 Å². The summed E-state index contributed by atoms with van der Waals surface area (Å²) in [4.78, 5) is 14.3. The quantitative estimate of drug-likeness (QED) is 0.902. The van der Waals surface area contributed by atoms with Crippen LogP contribution in [0.15, 0.2) is 48.5 Å². The summed E-state index contributed by atoms with van der Waals surface area (Å²) in [5.41, 5.74) is 1.98. The standard InChI is InChI=1S/C18H19ClN2O2/c19-14-4-3-5-17(12-14)23-13-18(22)20-15-6-8-16(9-7-15)21-10-1-2-11-21/h3-9,12H,1-2,10-11,13H2,(H,20,22). The summed E-state index contributed by atoms with van der Waals surface area (Å²) in [5.74, 6) is 0.385. The van der Waals surface area contributed by atoms with Crippen molar-refractivity contribution in [2.45, 2.75) is 12.8 Å². The smallest absolute Gasteiger partial charge is 0.262 e. The van der Waals surface area contributed by atoms with E-state index in [4.69, 9.17) is 16.3 Å². The summed E-state index contributed by atoms with van der Waals surface area (Å²) >= 11 is 5.87. The van der Waals surface area contributed by atoms with Gasteiger partial charge in [0.05, 0.1) is 0 Å². The Labute approximate surface area is 141 Å². The van der Waals surface area contributed by atoms with Gasteiger partial charge in [-0.15, -0.1) is 0 Å². The summed E-state index contributed by atoms with van der Waals surface area (Å²) < 4.78 is 5.42. The first-order chi connectivity index (χ1) is 11.2. The van der Waals surface area contributed by atoms with Gasteiger partial charge in [-0.05, 0) is 55.3 Å². The number of rotatable bonds is 5. The summed E-state index contributed by atoms with van der Waals surface area (Å²) in [6.45, 7) is 2.17. The van der Waals surface area contributed by atoms with E-state index in [9.17, 15) is 4.79 Å². The van der Waals surface area contributed by atoms with Gasteiger partial charge in [-0.2, -0.15) is 0 Å². The van der Waals surface area contributed by atoms with Crippen LogP contribution in [0.2, 0.25) is 5.02 Å². The Morgan fingerprint density at radius 2 is 1.87 bits per heavy atom. The largest absolute Gasteiger partial charge is 0.484 e. The fourth-order valence-electron chi connectivity index (χ4n) is 2.63. The van der Waals surface area contributed by atoms with Gasteiger partial charge < -0.3 is 15.0 Å². The maximum absolute atomic E-state index is 11.9. The second kappa shape index (κ2) is 7.38. The minimum absolute atomic E-state index is 0.0474. The molecule has 0 aromatic heterocycles. The van der Waals surface area contributed by atoms with Gasteiger partial charge in [-0.3, -0.25) is 4.79 Å². The highest BCUT2D eigenvalue weighted by atomic mass is 35.5. The van der Waals surface area contributed by atoms with E-state index < -0.39 is 0 Å². The molecule has 0 unspecified atom stereocenters. The van der Waals surface area contributed by atoms with E-state index in [0.29, 0.717) is 10.8 Å². The predicted octanol–water partition coefficient (Wildman–Crippen LogP) is 3.96. The molecule has 1 N–H and O–H groups in total. The SMILES string of the molecule is O=C(COc1cccc(Cl)c1)Nc1ccc(N2CCCC2)cc1. The van der Waals surface area contributed by atoms with Gasteiger partial charge in [0, 0.05) is 29.5 Å². The number of nitrogens with one attached hydrogen (secondary N) is 1. The summed E-state index contributed by atoms with van der Waals surface area (Å²) in [6, 6.07) is 14.9. The first kappa shape index (κ1) is 15.7. The van der Waals surface area contributed by atoms with Gasteiger partial charge in [0.25, 0.3) is 5.91 Å². The molecule has 1 aliphatic heterocycles. The van der Waals surface area contributed by atoms with Crippen LogP contribution in [0.3, 0.4) is 0 Å². The van der Waals surface area contributed by atoms with E-state index in [1.54, 1.807) is 24.3 Å². The average Bonchev–Trinajstić information content (AvgIpc) is 3.08. The summed E-state index contributed by atoms with van der Waals surface area (Å²) in [7, 11) is 0. The first-order valence-electron chi connectivity index (χ1n) is 7.74. The molecular formula is C18H19ClN2O2. The van der Waals surface area contributed by atoms with Gasteiger partial charge in [0.15, 0.2) is 6.61 Å². The maximum atomic E-state index is 11.9. The molecule has 0 bridgehead atoms. The fourth-order valence-corrected chi connectivity index (χ4v) is 2.81. The highest BCUT2D eigenvalue weighted by Crippen LogP contribution is 2.22. The third kappa shape index (κ3) is 4.39. The van der Waals surface area contributed by atoms with Crippen LogP contribution < -0.4 is 15.0 Å². The molecule has 23 heavy (non-hydrogen) atoms. The molecule has 1 heterocycles. The molecule has 1 saturated heterocycles. The molecular weight excluding hydrogens is 312 g/mol.